The van der Waals surface area contributed by atoms with Crippen molar-refractivity contribution >= 4 is 57.2 Å². The Bertz CT molecular complexity index is 1040. The quantitative estimate of drug-likeness (QED) is 0.363. The molecule has 3 aromatic heterocycles. The first-order valence-corrected chi connectivity index (χ1v) is 10.4. The van der Waals surface area contributed by atoms with Gasteiger partial charge >= 0.3 is 0 Å². The molecule has 8 nitrogen and oxygen atoms in total. The van der Waals surface area contributed by atoms with Crippen molar-refractivity contribution in [3.63, 3.8) is 0 Å². The second-order valence-corrected chi connectivity index (χ2v) is 9.68. The summed E-state index contributed by atoms with van der Waals surface area (Å²) in [6, 6.07) is 1.85. The van der Waals surface area contributed by atoms with Gasteiger partial charge in [0.05, 0.1) is 24.8 Å². The molecule has 1 atom stereocenters. The van der Waals surface area contributed by atoms with E-state index in [1.807, 2.05) is 26.8 Å². The molecule has 1 unspecified atom stereocenters. The van der Waals surface area contributed by atoms with E-state index in [2.05, 4.69) is 24.2 Å². The van der Waals surface area contributed by atoms with Gasteiger partial charge in [0.25, 0.3) is 0 Å². The second-order valence-electron chi connectivity index (χ2n) is 7.41. The molecule has 0 saturated carbocycles. The minimum atomic E-state index is -1.35. The fraction of sp³-hybridized carbons (Fsp3) is 0.444. The molecular weight excluding hydrogens is 402 g/mol. The van der Waals surface area contributed by atoms with Gasteiger partial charge in [0.2, 0.25) is 11.0 Å². The second kappa shape index (κ2) is 7.47. The number of rotatable bonds is 3. The summed E-state index contributed by atoms with van der Waals surface area (Å²) >= 11 is 4.84. The van der Waals surface area contributed by atoms with E-state index in [1.165, 1.54) is 0 Å². The van der Waals surface area contributed by atoms with Crippen molar-refractivity contribution in [1.29, 1.82) is 0 Å². The molecule has 1 aliphatic heterocycles. The zero-order valence-corrected chi connectivity index (χ0v) is 17.4. The van der Waals surface area contributed by atoms with Gasteiger partial charge in [-0.25, -0.2) is 9.97 Å². The number of hydrogen-bond acceptors (Lipinski definition) is 8. The van der Waals surface area contributed by atoms with Gasteiger partial charge in [-0.2, -0.15) is 4.98 Å². The van der Waals surface area contributed by atoms with Crippen molar-refractivity contribution < 1.29 is 13.7 Å². The average Bonchev–Trinajstić information content (AvgIpc) is 3.03. The van der Waals surface area contributed by atoms with Crippen LogP contribution in [0.15, 0.2) is 21.1 Å². The summed E-state index contributed by atoms with van der Waals surface area (Å²) < 4.78 is 27.2. The van der Waals surface area contributed by atoms with Crippen molar-refractivity contribution in [2.24, 2.45) is 4.40 Å². The molecule has 28 heavy (non-hydrogen) atoms. The molecule has 4 heterocycles. The fourth-order valence-electron chi connectivity index (χ4n) is 2.83. The van der Waals surface area contributed by atoms with Crippen LogP contribution in [0.1, 0.15) is 26.3 Å². The predicted molar refractivity (Wildman–Crippen MR) is 111 cm³/mol. The van der Waals surface area contributed by atoms with E-state index in [9.17, 15) is 4.55 Å². The molecule has 0 aromatic carbocycles. The molecule has 4 rings (SSSR count). The number of anilines is 1. The standard InChI is InChI=1S/C18H20ClN5O3S/c1-18(2,3)28(25)21-10-11-8-12-13-14(27-16(12)20-9-11)15(23-17(19)22-13)24-4-6-26-7-5-24/h8-10H,4-7H2,1-3H3. The Kier molecular flexibility index (Phi) is 5.17. The smallest absolute Gasteiger partial charge is 0.229 e. The van der Waals surface area contributed by atoms with E-state index in [1.54, 1.807) is 12.4 Å². The first-order valence-electron chi connectivity index (χ1n) is 8.87. The highest BCUT2D eigenvalue weighted by atomic mass is 35.5. The summed E-state index contributed by atoms with van der Waals surface area (Å²) in [5.74, 6) is 0.639. The number of fused-ring (bicyclic) bond motifs is 3. The molecule has 1 aliphatic rings. The third kappa shape index (κ3) is 3.80. The van der Waals surface area contributed by atoms with Crippen LogP contribution in [0, 0.1) is 0 Å². The third-order valence-electron chi connectivity index (χ3n) is 4.28. The third-order valence-corrected chi connectivity index (χ3v) is 5.79. The number of morpholine rings is 1. The number of hydrogen-bond donors (Lipinski definition) is 0. The molecule has 0 bridgehead atoms. The van der Waals surface area contributed by atoms with Crippen LogP contribution in [-0.2, 0) is 16.1 Å². The molecule has 0 radical (unpaired) electrons. The average molecular weight is 422 g/mol. The van der Waals surface area contributed by atoms with Gasteiger partial charge in [0.15, 0.2) is 11.4 Å². The Labute approximate surface area is 170 Å². The summed E-state index contributed by atoms with van der Waals surface area (Å²) in [5, 5.41) is 0.851. The van der Waals surface area contributed by atoms with Crippen molar-refractivity contribution in [2.75, 3.05) is 31.2 Å². The zero-order chi connectivity index (χ0) is 19.9. The van der Waals surface area contributed by atoms with Crippen LogP contribution in [0.4, 0.5) is 5.82 Å². The van der Waals surface area contributed by atoms with Crippen LogP contribution in [0.25, 0.3) is 22.2 Å². The largest absolute Gasteiger partial charge is 0.591 e. The highest BCUT2D eigenvalue weighted by Crippen LogP contribution is 2.33. The Morgan fingerprint density at radius 2 is 2.04 bits per heavy atom. The molecule has 1 saturated heterocycles. The lowest BCUT2D eigenvalue weighted by atomic mass is 10.2. The number of nitrogens with zero attached hydrogens (tertiary/aromatic N) is 5. The van der Waals surface area contributed by atoms with Gasteiger partial charge in [-0.3, -0.25) is 0 Å². The van der Waals surface area contributed by atoms with E-state index in [-0.39, 0.29) is 5.28 Å². The topological polar surface area (TPSA) is 99.7 Å². The number of furan rings is 1. The lowest BCUT2D eigenvalue weighted by molar-refractivity contribution is 0.122. The van der Waals surface area contributed by atoms with E-state index in [0.717, 1.165) is 0 Å². The number of aromatic nitrogens is 3. The van der Waals surface area contributed by atoms with Crippen LogP contribution in [0.5, 0.6) is 0 Å². The van der Waals surface area contributed by atoms with Crippen molar-refractivity contribution in [1.82, 2.24) is 15.0 Å². The zero-order valence-electron chi connectivity index (χ0n) is 15.8. The lowest BCUT2D eigenvalue weighted by Crippen LogP contribution is -2.36. The number of pyridine rings is 1. The monoisotopic (exact) mass is 421 g/mol. The fourth-order valence-corrected chi connectivity index (χ4v) is 3.53. The molecule has 0 amide bonds. The molecule has 0 spiro atoms. The van der Waals surface area contributed by atoms with E-state index in [4.69, 9.17) is 20.8 Å². The van der Waals surface area contributed by atoms with E-state index >= 15 is 0 Å². The van der Waals surface area contributed by atoms with Crippen LogP contribution in [0.2, 0.25) is 5.28 Å². The minimum absolute atomic E-state index is 0.143. The Balaban J connectivity index is 1.78. The SMILES string of the molecule is CC(C)(C)[S+]([O-])N=Cc1cnc2oc3c(N4CCOCC4)nc(Cl)nc3c2c1. The summed E-state index contributed by atoms with van der Waals surface area (Å²) in [5.41, 5.74) is 2.28. The Morgan fingerprint density at radius 3 is 2.75 bits per heavy atom. The molecular formula is C18H20ClN5O3S. The molecule has 148 valence electrons. The normalized spacial score (nSPS) is 17.1. The van der Waals surface area contributed by atoms with Gasteiger partial charge in [0.1, 0.15) is 21.6 Å². The maximum Gasteiger partial charge on any atom is 0.229 e. The van der Waals surface area contributed by atoms with Gasteiger partial charge in [-0.05, 0) is 38.4 Å². The number of ether oxygens (including phenoxy) is 1. The maximum absolute atomic E-state index is 12.1. The lowest BCUT2D eigenvalue weighted by Gasteiger charge is -2.27. The van der Waals surface area contributed by atoms with Gasteiger partial charge in [-0.15, -0.1) is 0 Å². The summed E-state index contributed by atoms with van der Waals surface area (Å²) in [4.78, 5) is 15.1. The maximum atomic E-state index is 12.1. The van der Waals surface area contributed by atoms with Gasteiger partial charge in [0, 0.05) is 24.8 Å². The molecule has 1 fully saturated rings. The first kappa shape index (κ1) is 19.4. The van der Waals surface area contributed by atoms with Crippen molar-refractivity contribution in [3.8, 4) is 0 Å². The molecule has 10 heteroatoms. The summed E-state index contributed by atoms with van der Waals surface area (Å²) in [6.07, 6.45) is 3.18. The molecule has 0 N–H and O–H groups in total. The Hall–Kier alpha value is -1.94. The van der Waals surface area contributed by atoms with Gasteiger partial charge in [-0.1, -0.05) is 4.40 Å². The first-order chi connectivity index (χ1) is 13.3. The van der Waals surface area contributed by atoms with Crippen LogP contribution >= 0.6 is 11.6 Å². The number of halogens is 1. The minimum Gasteiger partial charge on any atom is -0.591 e. The Morgan fingerprint density at radius 1 is 1.29 bits per heavy atom. The highest BCUT2D eigenvalue weighted by molar-refractivity contribution is 7.91. The highest BCUT2D eigenvalue weighted by Gasteiger charge is 2.26. The van der Waals surface area contributed by atoms with E-state index in [0.29, 0.717) is 59.9 Å². The van der Waals surface area contributed by atoms with Gasteiger partial charge < -0.3 is 18.6 Å². The van der Waals surface area contributed by atoms with Crippen LogP contribution in [0.3, 0.4) is 0 Å². The van der Waals surface area contributed by atoms with Crippen molar-refractivity contribution in [2.45, 2.75) is 25.5 Å². The molecule has 0 aliphatic carbocycles. The van der Waals surface area contributed by atoms with Crippen LogP contribution < -0.4 is 4.90 Å². The molecule has 3 aromatic rings. The predicted octanol–water partition coefficient (Wildman–Crippen LogP) is 3.14. The summed E-state index contributed by atoms with van der Waals surface area (Å²) in [7, 11) is 0. The van der Waals surface area contributed by atoms with Crippen molar-refractivity contribution in [3.05, 3.63) is 23.1 Å². The summed E-state index contributed by atoms with van der Waals surface area (Å²) in [6.45, 7) is 8.25. The van der Waals surface area contributed by atoms with Crippen LogP contribution in [-0.4, -0.2) is 56.8 Å². The van der Waals surface area contributed by atoms with E-state index < -0.39 is 16.1 Å².